The number of alkyl carbamates (subject to hydrolysis) is 2. The van der Waals surface area contributed by atoms with Gasteiger partial charge in [0.2, 0.25) is 35.4 Å². The summed E-state index contributed by atoms with van der Waals surface area (Å²) >= 11 is 0. The zero-order valence-corrected chi connectivity index (χ0v) is 42.1. The monoisotopic (exact) mass is 1000 g/mol. The topological polar surface area (TPSA) is 331 Å². The van der Waals surface area contributed by atoms with Gasteiger partial charge in [0, 0.05) is 25.2 Å². The second kappa shape index (κ2) is 23.1. The van der Waals surface area contributed by atoms with Gasteiger partial charge in [0.15, 0.2) is 0 Å². The van der Waals surface area contributed by atoms with E-state index in [1.165, 1.54) is 100 Å². The molecule has 26 nitrogen and oxygen atoms in total. The molecule has 26 heteroatoms. The van der Waals surface area contributed by atoms with Crippen molar-refractivity contribution in [2.45, 2.75) is 116 Å². The van der Waals surface area contributed by atoms with Crippen molar-refractivity contribution >= 4 is 47.6 Å². The molecular formula is C46H62N14O12. The predicted octanol–water partition coefficient (Wildman–Crippen LogP) is 0.537. The summed E-state index contributed by atoms with van der Waals surface area (Å²) in [5.41, 5.74) is -0.501. The first-order chi connectivity index (χ1) is 33.9. The number of benzene rings is 2. The van der Waals surface area contributed by atoms with E-state index in [1.54, 1.807) is 41.5 Å². The van der Waals surface area contributed by atoms with Crippen LogP contribution in [0.25, 0.3) is 22.5 Å². The maximum Gasteiger partial charge on any atom is 0.408 e. The molecule has 0 spiro atoms. The Kier molecular flexibility index (Phi) is 17.5. The van der Waals surface area contributed by atoms with Crippen LogP contribution in [-0.4, -0.2) is 141 Å². The Bertz CT molecular complexity index is 2490. The number of ether oxygens (including phenoxy) is 4. The first kappa shape index (κ1) is 54.6. The number of nitrogens with zero attached hydrogens (tertiary/aromatic N) is 6. The molecule has 0 saturated carbocycles. The molecule has 0 unspecified atom stereocenters. The fourth-order valence-corrected chi connectivity index (χ4v) is 7.23. The van der Waals surface area contributed by atoms with Crippen LogP contribution in [-0.2, 0) is 51.3 Å². The van der Waals surface area contributed by atoms with Gasteiger partial charge < -0.3 is 61.5 Å². The van der Waals surface area contributed by atoms with Gasteiger partial charge in [-0.15, -0.1) is 10.2 Å². The van der Waals surface area contributed by atoms with Crippen LogP contribution in [0.5, 0.6) is 11.5 Å². The summed E-state index contributed by atoms with van der Waals surface area (Å²) < 4.78 is 24.8. The highest BCUT2D eigenvalue weighted by atomic mass is 16.6. The van der Waals surface area contributed by atoms with Crippen LogP contribution in [0.3, 0.4) is 0 Å². The third kappa shape index (κ3) is 13.9. The third-order valence-electron chi connectivity index (χ3n) is 10.7. The van der Waals surface area contributed by atoms with Gasteiger partial charge in [0.1, 0.15) is 59.0 Å². The lowest BCUT2D eigenvalue weighted by Gasteiger charge is -2.26. The molecule has 4 aromatic rings. The Morgan fingerprint density at radius 3 is 1.26 bits per heavy atom. The van der Waals surface area contributed by atoms with Gasteiger partial charge in [0.25, 0.3) is 0 Å². The maximum atomic E-state index is 14.2. The molecule has 1 aliphatic rings. The number of methoxy groups -OCH3 is 2. The average molecular weight is 1000 g/mol. The third-order valence-corrected chi connectivity index (χ3v) is 10.7. The molecule has 0 radical (unpaired) electrons. The van der Waals surface area contributed by atoms with Crippen LogP contribution >= 0.6 is 0 Å². The lowest BCUT2D eigenvalue weighted by molar-refractivity contribution is -0.132. The molecule has 72 heavy (non-hydrogen) atoms. The van der Waals surface area contributed by atoms with Gasteiger partial charge in [-0.1, -0.05) is 22.6 Å². The maximum absolute atomic E-state index is 14.2. The van der Waals surface area contributed by atoms with Gasteiger partial charge in [-0.3, -0.25) is 28.8 Å². The van der Waals surface area contributed by atoms with E-state index in [-0.39, 0.29) is 45.1 Å². The first-order valence-corrected chi connectivity index (χ1v) is 22.6. The molecule has 0 fully saturated rings. The van der Waals surface area contributed by atoms with Crippen LogP contribution in [0.4, 0.5) is 9.59 Å². The van der Waals surface area contributed by atoms with Crippen molar-refractivity contribution in [3.05, 3.63) is 59.9 Å². The van der Waals surface area contributed by atoms with E-state index < -0.39 is 108 Å². The Balaban J connectivity index is 1.67. The molecule has 0 saturated heterocycles. The molecule has 8 amide bonds. The number of carbonyl (C=O) groups excluding carboxylic acids is 8. The summed E-state index contributed by atoms with van der Waals surface area (Å²) in [4.78, 5) is 110. The lowest BCUT2D eigenvalue weighted by atomic mass is 10.00. The number of amides is 8. The Morgan fingerprint density at radius 2 is 0.944 bits per heavy atom. The number of hydrogen-bond acceptors (Lipinski definition) is 16. The fraction of sp³-hybridized carbons (Fsp3) is 0.478. The number of aromatic nitrogens is 6. The molecular weight excluding hydrogens is 941 g/mol. The highest BCUT2D eigenvalue weighted by molar-refractivity contribution is 5.96. The number of hydrogen-bond donors (Lipinski definition) is 8. The Hall–Kier alpha value is -8.32. The lowest BCUT2D eigenvalue weighted by Crippen LogP contribution is -2.55. The Labute approximate surface area is 414 Å². The van der Waals surface area contributed by atoms with Crippen molar-refractivity contribution in [3.8, 4) is 34.0 Å². The van der Waals surface area contributed by atoms with Gasteiger partial charge in [-0.2, -0.15) is 0 Å². The number of carbonyl (C=O) groups is 8. The van der Waals surface area contributed by atoms with Crippen molar-refractivity contribution in [3.63, 3.8) is 0 Å². The number of nitrogens with one attached hydrogen (secondary N) is 8. The predicted molar refractivity (Wildman–Crippen MR) is 255 cm³/mol. The Morgan fingerprint density at radius 1 is 0.583 bits per heavy atom. The van der Waals surface area contributed by atoms with Crippen LogP contribution < -0.4 is 52.0 Å². The number of likely N-dealkylation sites (N-methyl/N-ethyl adjacent to an activating group) is 2. The van der Waals surface area contributed by atoms with Gasteiger partial charge >= 0.3 is 12.2 Å². The molecule has 0 aliphatic carbocycles. The fourth-order valence-electron chi connectivity index (χ4n) is 7.23. The van der Waals surface area contributed by atoms with Crippen LogP contribution in [0.2, 0.25) is 0 Å². The van der Waals surface area contributed by atoms with E-state index in [1.807, 2.05) is 0 Å². The van der Waals surface area contributed by atoms with E-state index in [4.69, 9.17) is 18.9 Å². The van der Waals surface area contributed by atoms with E-state index in [9.17, 15) is 38.4 Å². The van der Waals surface area contributed by atoms with E-state index in [0.29, 0.717) is 0 Å². The van der Waals surface area contributed by atoms with Crippen molar-refractivity contribution in [2.75, 3.05) is 28.3 Å². The molecule has 2 aromatic heterocycles. The summed E-state index contributed by atoms with van der Waals surface area (Å²) in [6.07, 6.45) is 0.731. The standard InChI is InChI=1S/C46H62N14O12/c1-23-37(61)55-35(41(65)47-9)25-13-15-33(69-11)27(17-25)32-20-50-58-60(32)22-30(54-44(68)72-46(6,7)8)40(64)52-24(2)38(62)56-36(42(66)48-10)26-14-16-34(70-12)28(18-26)31-19-49-57-59(31)21-29(39(63)51-23)53-43(67)71-45(3,4)5/h13-20,23-24,29-30,35-36H,21-22H2,1-12H3,(H,47,65)(H,48,66)(H,51,63)(H,52,64)(H,53,67)(H,54,68)(H,55,61)(H,56,62)/t23-,24-,29+,30+,35+,36+/m1/s1. The molecule has 388 valence electrons. The van der Waals surface area contributed by atoms with E-state index in [0.717, 1.165) is 0 Å². The van der Waals surface area contributed by atoms with Gasteiger partial charge in [-0.25, -0.2) is 19.0 Å². The molecule has 1 aliphatic heterocycles. The smallest absolute Gasteiger partial charge is 0.408 e. The first-order valence-electron chi connectivity index (χ1n) is 22.6. The van der Waals surface area contributed by atoms with Crippen LogP contribution in [0.1, 0.15) is 78.6 Å². The molecule has 8 N–H and O–H groups in total. The second-order valence-electron chi connectivity index (χ2n) is 18.5. The van der Waals surface area contributed by atoms with E-state index >= 15 is 0 Å². The van der Waals surface area contributed by atoms with Crippen molar-refractivity contribution < 1.29 is 57.3 Å². The minimum atomic E-state index is -1.48. The largest absolute Gasteiger partial charge is 0.496 e. The van der Waals surface area contributed by atoms with Crippen LogP contribution in [0.15, 0.2) is 48.8 Å². The van der Waals surface area contributed by atoms with Crippen molar-refractivity contribution in [1.82, 2.24) is 72.5 Å². The highest BCUT2D eigenvalue weighted by Gasteiger charge is 2.34. The van der Waals surface area contributed by atoms with Crippen molar-refractivity contribution in [1.29, 1.82) is 0 Å². The molecule has 2 aromatic carbocycles. The SMILES string of the molecule is CNC(=O)[C@H]1NC(=O)[C@@H](C)NC(=O)[C@@H](NC(=O)OC(C)(C)C)Cn2nncc2-c2cc(ccc2OC)[C@@H](C(=O)NC)NC(=O)[C@@H](C)NC(=O)[C@@H](NC(=O)OC(C)(C)C)Cn2nncc2-c2cc1ccc2OC. The summed E-state index contributed by atoms with van der Waals surface area (Å²) in [7, 11) is 5.51. The molecule has 4 bridgehead atoms. The minimum absolute atomic E-state index is 0.221. The van der Waals surface area contributed by atoms with E-state index in [2.05, 4.69) is 63.2 Å². The summed E-state index contributed by atoms with van der Waals surface area (Å²) in [6.45, 7) is 11.7. The van der Waals surface area contributed by atoms with Crippen LogP contribution in [0, 0.1) is 0 Å². The molecule has 5 rings (SSSR count). The summed E-state index contributed by atoms with van der Waals surface area (Å²) in [6, 6.07) is 0.768. The van der Waals surface area contributed by atoms with Gasteiger partial charge in [0.05, 0.1) is 51.1 Å². The van der Waals surface area contributed by atoms with Crippen molar-refractivity contribution in [2.24, 2.45) is 0 Å². The normalized spacial score (nSPS) is 20.3. The quantitative estimate of drug-likeness (QED) is 0.131. The minimum Gasteiger partial charge on any atom is -0.496 e. The highest BCUT2D eigenvalue weighted by Crippen LogP contribution is 2.34. The number of rotatable bonds is 6. The molecule has 3 heterocycles. The van der Waals surface area contributed by atoms with Gasteiger partial charge in [-0.05, 0) is 90.8 Å². The molecule has 6 atom stereocenters. The zero-order chi connectivity index (χ0) is 53.2. The average Bonchev–Trinajstić information content (AvgIpc) is 3.99. The summed E-state index contributed by atoms with van der Waals surface area (Å²) in [5.74, 6) is -4.15. The zero-order valence-electron chi connectivity index (χ0n) is 42.1. The number of fused-ring (bicyclic) bond motifs is 8. The summed E-state index contributed by atoms with van der Waals surface area (Å²) in [5, 5.41) is 37.2. The second-order valence-corrected chi connectivity index (χ2v) is 18.5.